The minimum atomic E-state index is -0.245. The average Bonchev–Trinajstić information content (AvgIpc) is 2.39. The number of benzene rings is 1. The van der Waals surface area contributed by atoms with Gasteiger partial charge < -0.3 is 4.74 Å². The van der Waals surface area contributed by atoms with Gasteiger partial charge in [-0.2, -0.15) is 0 Å². The van der Waals surface area contributed by atoms with E-state index in [1.807, 2.05) is 30.3 Å². The molecule has 1 aromatic heterocycles. The predicted molar refractivity (Wildman–Crippen MR) is 81.8 cm³/mol. The predicted octanol–water partition coefficient (Wildman–Crippen LogP) is 3.17. The van der Waals surface area contributed by atoms with Gasteiger partial charge in [0.25, 0.3) is 0 Å². The summed E-state index contributed by atoms with van der Waals surface area (Å²) in [6.07, 6.45) is 1.72. The Morgan fingerprint density at radius 1 is 1.26 bits per heavy atom. The molecule has 0 bridgehead atoms. The Labute approximate surface area is 128 Å². The van der Waals surface area contributed by atoms with Gasteiger partial charge in [0.1, 0.15) is 11.4 Å². The third kappa shape index (κ3) is 3.33. The summed E-state index contributed by atoms with van der Waals surface area (Å²) in [6, 6.07) is 9.39. The van der Waals surface area contributed by atoms with E-state index in [0.29, 0.717) is 5.75 Å². The van der Waals surface area contributed by atoms with Crippen molar-refractivity contribution in [3.05, 3.63) is 56.7 Å². The van der Waals surface area contributed by atoms with Crippen LogP contribution in [0.2, 0.25) is 0 Å². The van der Waals surface area contributed by atoms with Crippen LogP contribution in [0.1, 0.15) is 17.3 Å². The fourth-order valence-corrected chi connectivity index (χ4v) is 3.20. The van der Waals surface area contributed by atoms with E-state index in [0.717, 1.165) is 20.2 Å². The highest BCUT2D eigenvalue weighted by molar-refractivity contribution is 9.11. The lowest BCUT2D eigenvalue weighted by molar-refractivity contribution is 0.400. The number of nitrogens with two attached hydrogens (primary N) is 1. The SMILES string of the molecule is COc1cccnc1C(NN)c1cc(Br)cc(Br)c1. The van der Waals surface area contributed by atoms with Crippen molar-refractivity contribution in [2.24, 2.45) is 5.84 Å². The first-order valence-electron chi connectivity index (χ1n) is 5.56. The lowest BCUT2D eigenvalue weighted by Crippen LogP contribution is -2.29. The lowest BCUT2D eigenvalue weighted by atomic mass is 10.0. The van der Waals surface area contributed by atoms with Crippen molar-refractivity contribution >= 4 is 31.9 Å². The molecule has 0 spiro atoms. The van der Waals surface area contributed by atoms with E-state index >= 15 is 0 Å². The number of methoxy groups -OCH3 is 1. The van der Waals surface area contributed by atoms with Crippen LogP contribution in [0.4, 0.5) is 0 Å². The number of nitrogens with zero attached hydrogens (tertiary/aromatic N) is 1. The Balaban J connectivity index is 2.49. The standard InChI is InChI=1S/C13H13Br2N3O/c1-19-11-3-2-4-17-13(11)12(18-16)8-5-9(14)7-10(15)6-8/h2-7,12,18H,16H2,1H3. The summed E-state index contributed by atoms with van der Waals surface area (Å²) in [7, 11) is 1.62. The summed E-state index contributed by atoms with van der Waals surface area (Å²) in [5, 5.41) is 0. The van der Waals surface area contributed by atoms with Crippen molar-refractivity contribution in [2.45, 2.75) is 6.04 Å². The van der Waals surface area contributed by atoms with Gasteiger partial charge in [0, 0.05) is 15.1 Å². The van der Waals surface area contributed by atoms with E-state index in [2.05, 4.69) is 42.3 Å². The molecule has 0 saturated carbocycles. The molecule has 0 aliphatic rings. The van der Waals surface area contributed by atoms with E-state index in [9.17, 15) is 0 Å². The fourth-order valence-electron chi connectivity index (χ4n) is 1.87. The average molecular weight is 387 g/mol. The third-order valence-electron chi connectivity index (χ3n) is 2.68. The molecular weight excluding hydrogens is 374 g/mol. The molecular formula is C13H13Br2N3O. The van der Waals surface area contributed by atoms with Gasteiger partial charge in [0.15, 0.2) is 0 Å². The zero-order chi connectivity index (χ0) is 13.8. The lowest BCUT2D eigenvalue weighted by Gasteiger charge is -2.18. The van der Waals surface area contributed by atoms with E-state index in [-0.39, 0.29) is 6.04 Å². The zero-order valence-electron chi connectivity index (χ0n) is 10.2. The molecule has 0 saturated heterocycles. The highest BCUT2D eigenvalue weighted by Gasteiger charge is 2.19. The van der Waals surface area contributed by atoms with Gasteiger partial charge in [-0.3, -0.25) is 10.8 Å². The molecule has 0 fully saturated rings. The van der Waals surface area contributed by atoms with Gasteiger partial charge in [-0.05, 0) is 35.9 Å². The highest BCUT2D eigenvalue weighted by atomic mass is 79.9. The van der Waals surface area contributed by atoms with Gasteiger partial charge in [-0.1, -0.05) is 31.9 Å². The van der Waals surface area contributed by atoms with E-state index in [4.69, 9.17) is 10.6 Å². The van der Waals surface area contributed by atoms with Crippen LogP contribution in [-0.2, 0) is 0 Å². The minimum Gasteiger partial charge on any atom is -0.495 e. The highest BCUT2D eigenvalue weighted by Crippen LogP contribution is 2.30. The molecule has 4 nitrogen and oxygen atoms in total. The number of pyridine rings is 1. The summed E-state index contributed by atoms with van der Waals surface area (Å²) in [4.78, 5) is 4.36. The normalized spacial score (nSPS) is 12.2. The molecule has 1 aromatic carbocycles. The quantitative estimate of drug-likeness (QED) is 0.625. The smallest absolute Gasteiger partial charge is 0.142 e. The molecule has 1 heterocycles. The molecule has 2 aromatic rings. The number of hydrogen-bond acceptors (Lipinski definition) is 4. The van der Waals surface area contributed by atoms with Crippen LogP contribution in [0.3, 0.4) is 0 Å². The first-order valence-corrected chi connectivity index (χ1v) is 7.15. The molecule has 3 N–H and O–H groups in total. The molecule has 2 rings (SSSR count). The Kier molecular flexibility index (Phi) is 4.93. The van der Waals surface area contributed by atoms with Crippen LogP contribution in [-0.4, -0.2) is 12.1 Å². The van der Waals surface area contributed by atoms with E-state index in [1.165, 1.54) is 0 Å². The van der Waals surface area contributed by atoms with E-state index in [1.54, 1.807) is 13.3 Å². The van der Waals surface area contributed by atoms with Crippen LogP contribution >= 0.6 is 31.9 Å². The molecule has 0 amide bonds. The number of aromatic nitrogens is 1. The van der Waals surface area contributed by atoms with Gasteiger partial charge in [-0.25, -0.2) is 5.43 Å². The van der Waals surface area contributed by atoms with Crippen molar-refractivity contribution in [3.8, 4) is 5.75 Å². The van der Waals surface area contributed by atoms with Crippen LogP contribution < -0.4 is 16.0 Å². The topological polar surface area (TPSA) is 60.2 Å². The van der Waals surface area contributed by atoms with Crippen molar-refractivity contribution in [2.75, 3.05) is 7.11 Å². The van der Waals surface area contributed by atoms with E-state index < -0.39 is 0 Å². The minimum absolute atomic E-state index is 0.245. The Morgan fingerprint density at radius 3 is 2.53 bits per heavy atom. The van der Waals surface area contributed by atoms with Crippen LogP contribution in [0, 0.1) is 0 Å². The summed E-state index contributed by atoms with van der Waals surface area (Å²) in [6.45, 7) is 0. The van der Waals surface area contributed by atoms with Crippen molar-refractivity contribution in [3.63, 3.8) is 0 Å². The number of halogens is 2. The number of ether oxygens (including phenoxy) is 1. The molecule has 1 atom stereocenters. The molecule has 0 aliphatic carbocycles. The second-order valence-corrected chi connectivity index (χ2v) is 5.72. The maximum absolute atomic E-state index is 5.68. The Morgan fingerprint density at radius 2 is 1.95 bits per heavy atom. The third-order valence-corrected chi connectivity index (χ3v) is 3.59. The first-order chi connectivity index (χ1) is 9.15. The fraction of sp³-hybridized carbons (Fsp3) is 0.154. The van der Waals surface area contributed by atoms with Crippen LogP contribution in [0.25, 0.3) is 0 Å². The maximum Gasteiger partial charge on any atom is 0.142 e. The summed E-state index contributed by atoms with van der Waals surface area (Å²) >= 11 is 6.94. The van der Waals surface area contributed by atoms with Crippen LogP contribution in [0.5, 0.6) is 5.75 Å². The number of hydrazine groups is 1. The summed E-state index contributed by atoms with van der Waals surface area (Å²) in [5.74, 6) is 6.38. The zero-order valence-corrected chi connectivity index (χ0v) is 13.4. The largest absolute Gasteiger partial charge is 0.495 e. The molecule has 100 valence electrons. The summed E-state index contributed by atoms with van der Waals surface area (Å²) in [5.41, 5.74) is 4.51. The first kappa shape index (κ1) is 14.5. The Hall–Kier alpha value is -0.950. The second kappa shape index (κ2) is 6.47. The number of hydrogen-bond donors (Lipinski definition) is 2. The van der Waals surface area contributed by atoms with Gasteiger partial charge in [0.05, 0.1) is 13.2 Å². The van der Waals surface area contributed by atoms with Crippen molar-refractivity contribution in [1.82, 2.24) is 10.4 Å². The van der Waals surface area contributed by atoms with Crippen molar-refractivity contribution in [1.29, 1.82) is 0 Å². The Bertz CT molecular complexity index is 557. The number of rotatable bonds is 4. The second-order valence-electron chi connectivity index (χ2n) is 3.89. The molecule has 19 heavy (non-hydrogen) atoms. The van der Waals surface area contributed by atoms with Gasteiger partial charge >= 0.3 is 0 Å². The van der Waals surface area contributed by atoms with Gasteiger partial charge in [-0.15, -0.1) is 0 Å². The molecule has 0 radical (unpaired) electrons. The molecule has 6 heteroatoms. The monoisotopic (exact) mass is 385 g/mol. The van der Waals surface area contributed by atoms with Crippen LogP contribution in [0.15, 0.2) is 45.5 Å². The molecule has 1 unspecified atom stereocenters. The summed E-state index contributed by atoms with van der Waals surface area (Å²) < 4.78 is 7.26. The van der Waals surface area contributed by atoms with Gasteiger partial charge in [0.2, 0.25) is 0 Å². The van der Waals surface area contributed by atoms with Crippen molar-refractivity contribution < 1.29 is 4.74 Å². The molecule has 0 aliphatic heterocycles. The number of nitrogens with one attached hydrogen (secondary N) is 1. The maximum atomic E-state index is 5.68.